The van der Waals surface area contributed by atoms with Crippen LogP contribution in [0.2, 0.25) is 0 Å². The van der Waals surface area contributed by atoms with Crippen molar-refractivity contribution < 1.29 is 4.79 Å². The molecule has 4 aromatic rings. The first-order valence-electron chi connectivity index (χ1n) is 9.40. The number of nitrogens with zero attached hydrogens (tertiary/aromatic N) is 1. The van der Waals surface area contributed by atoms with Gasteiger partial charge in [-0.1, -0.05) is 54.6 Å². The van der Waals surface area contributed by atoms with Gasteiger partial charge in [0.15, 0.2) is 0 Å². The molecule has 0 saturated carbocycles. The number of nitrogens with one attached hydrogen (secondary N) is 2. The van der Waals surface area contributed by atoms with E-state index < -0.39 is 0 Å². The van der Waals surface area contributed by atoms with Gasteiger partial charge in [0.25, 0.3) is 5.91 Å². The number of aryl methyl sites for hydroxylation is 1. The molecule has 0 saturated heterocycles. The van der Waals surface area contributed by atoms with Gasteiger partial charge in [0.1, 0.15) is 10.8 Å². The second kappa shape index (κ2) is 8.71. The Labute approximate surface area is 174 Å². The summed E-state index contributed by atoms with van der Waals surface area (Å²) in [6.07, 6.45) is 1.77. The molecule has 2 aromatic heterocycles. The molecule has 0 spiro atoms. The minimum atomic E-state index is -0.137. The van der Waals surface area contributed by atoms with Crippen LogP contribution in [-0.4, -0.2) is 10.9 Å². The lowest BCUT2D eigenvalue weighted by Crippen LogP contribution is -2.17. The number of rotatable bonds is 6. The van der Waals surface area contributed by atoms with Gasteiger partial charge >= 0.3 is 0 Å². The first kappa shape index (κ1) is 18.9. The van der Waals surface area contributed by atoms with E-state index in [2.05, 4.69) is 40.7 Å². The lowest BCUT2D eigenvalue weighted by Gasteiger charge is -2.21. The van der Waals surface area contributed by atoms with Gasteiger partial charge < -0.3 is 10.6 Å². The summed E-state index contributed by atoms with van der Waals surface area (Å²) in [5.74, 6) is 0.670. The monoisotopic (exact) mass is 399 g/mol. The number of aromatic nitrogens is 1. The lowest BCUT2D eigenvalue weighted by molar-refractivity contribution is 0.102. The molecule has 0 aliphatic carbocycles. The second-order valence-electron chi connectivity index (χ2n) is 6.66. The fourth-order valence-electron chi connectivity index (χ4n) is 3.19. The molecule has 0 unspecified atom stereocenters. The standard InChI is InChI=1S/C24H21N3OS/c1-17-16-20(24(29-17)27-23(28)19-12-6-3-7-13-19)22(18-10-4-2-5-11-18)26-21-14-8-9-15-25-21/h2-16,22H,1H3,(H,25,26)(H,27,28)/t22-/m0/s1. The van der Waals surface area contributed by atoms with E-state index in [1.807, 2.05) is 66.7 Å². The number of anilines is 2. The molecule has 0 aliphatic heterocycles. The number of hydrogen-bond donors (Lipinski definition) is 2. The van der Waals surface area contributed by atoms with E-state index in [4.69, 9.17) is 0 Å². The Morgan fingerprint density at radius 2 is 1.62 bits per heavy atom. The van der Waals surface area contributed by atoms with E-state index in [-0.39, 0.29) is 11.9 Å². The van der Waals surface area contributed by atoms with E-state index in [9.17, 15) is 4.79 Å². The SMILES string of the molecule is Cc1cc([C@@H](Nc2ccccn2)c2ccccc2)c(NC(=O)c2ccccc2)s1. The number of hydrogen-bond acceptors (Lipinski definition) is 4. The Hall–Kier alpha value is -3.44. The third-order valence-corrected chi connectivity index (χ3v) is 5.53. The molecule has 0 radical (unpaired) electrons. The maximum atomic E-state index is 12.8. The van der Waals surface area contributed by atoms with Crippen LogP contribution < -0.4 is 10.6 Å². The largest absolute Gasteiger partial charge is 0.359 e. The average molecular weight is 400 g/mol. The van der Waals surface area contributed by atoms with Crippen LogP contribution in [0.1, 0.15) is 32.4 Å². The molecule has 0 fully saturated rings. The molecule has 4 rings (SSSR count). The van der Waals surface area contributed by atoms with Crippen LogP contribution >= 0.6 is 11.3 Å². The summed E-state index contributed by atoms with van der Waals surface area (Å²) in [6.45, 7) is 2.05. The highest BCUT2D eigenvalue weighted by atomic mass is 32.1. The zero-order valence-electron chi connectivity index (χ0n) is 16.0. The van der Waals surface area contributed by atoms with E-state index in [0.717, 1.165) is 26.8 Å². The van der Waals surface area contributed by atoms with Gasteiger partial charge in [-0.25, -0.2) is 4.98 Å². The van der Waals surface area contributed by atoms with E-state index in [1.54, 1.807) is 17.5 Å². The Bertz CT molecular complexity index is 1080. The quantitative estimate of drug-likeness (QED) is 0.424. The zero-order valence-corrected chi connectivity index (χ0v) is 16.8. The number of benzene rings is 2. The minimum absolute atomic E-state index is 0.113. The van der Waals surface area contributed by atoms with Crippen LogP contribution in [0.15, 0.2) is 91.1 Å². The third-order valence-electron chi connectivity index (χ3n) is 4.55. The first-order chi connectivity index (χ1) is 14.2. The van der Waals surface area contributed by atoms with Gasteiger partial charge in [-0.2, -0.15) is 0 Å². The number of thiophene rings is 1. The van der Waals surface area contributed by atoms with Crippen molar-refractivity contribution >= 4 is 28.1 Å². The van der Waals surface area contributed by atoms with Gasteiger partial charge in [0.05, 0.1) is 6.04 Å². The molecular formula is C24H21N3OS. The number of amides is 1. The Kier molecular flexibility index (Phi) is 5.68. The molecule has 1 amide bonds. The van der Waals surface area contributed by atoms with Crippen molar-refractivity contribution in [3.8, 4) is 0 Å². The highest BCUT2D eigenvalue weighted by Crippen LogP contribution is 2.37. The summed E-state index contributed by atoms with van der Waals surface area (Å²) in [5.41, 5.74) is 2.76. The summed E-state index contributed by atoms with van der Waals surface area (Å²) in [5, 5.41) is 7.47. The smallest absolute Gasteiger partial charge is 0.256 e. The normalized spacial score (nSPS) is 11.6. The van der Waals surface area contributed by atoms with Gasteiger partial charge in [-0.05, 0) is 42.8 Å². The fraction of sp³-hybridized carbons (Fsp3) is 0.0833. The van der Waals surface area contributed by atoms with Crippen molar-refractivity contribution in [3.05, 3.63) is 113 Å². The molecule has 2 heterocycles. The minimum Gasteiger partial charge on any atom is -0.359 e. The molecule has 5 heteroatoms. The first-order valence-corrected chi connectivity index (χ1v) is 10.2. The molecule has 0 bridgehead atoms. The van der Waals surface area contributed by atoms with Crippen LogP contribution in [0, 0.1) is 6.92 Å². The Balaban J connectivity index is 1.70. The molecular weight excluding hydrogens is 378 g/mol. The number of carbonyl (C=O) groups excluding carboxylic acids is 1. The van der Waals surface area contributed by atoms with E-state index in [1.165, 1.54) is 0 Å². The molecule has 144 valence electrons. The van der Waals surface area contributed by atoms with Crippen molar-refractivity contribution in [2.75, 3.05) is 10.6 Å². The summed E-state index contributed by atoms with van der Waals surface area (Å²) < 4.78 is 0. The average Bonchev–Trinajstić information content (AvgIpc) is 3.13. The van der Waals surface area contributed by atoms with Crippen LogP contribution in [-0.2, 0) is 0 Å². The topological polar surface area (TPSA) is 54.0 Å². The van der Waals surface area contributed by atoms with Crippen LogP contribution in [0.4, 0.5) is 10.8 Å². The Morgan fingerprint density at radius 3 is 2.31 bits per heavy atom. The molecule has 29 heavy (non-hydrogen) atoms. The van der Waals surface area contributed by atoms with Gasteiger partial charge in [-0.3, -0.25) is 4.79 Å². The predicted molar refractivity (Wildman–Crippen MR) is 120 cm³/mol. The Morgan fingerprint density at radius 1 is 0.931 bits per heavy atom. The summed E-state index contributed by atoms with van der Waals surface area (Å²) in [7, 11) is 0. The van der Waals surface area contributed by atoms with Gasteiger partial charge in [0.2, 0.25) is 0 Å². The summed E-state index contributed by atoms with van der Waals surface area (Å²) in [6, 6.07) is 27.2. The number of carbonyl (C=O) groups is 1. The summed E-state index contributed by atoms with van der Waals surface area (Å²) in [4.78, 5) is 18.3. The second-order valence-corrected chi connectivity index (χ2v) is 7.92. The molecule has 2 N–H and O–H groups in total. The molecule has 4 nitrogen and oxygen atoms in total. The summed E-state index contributed by atoms with van der Waals surface area (Å²) >= 11 is 1.58. The van der Waals surface area contributed by atoms with Gasteiger partial charge in [0, 0.05) is 22.2 Å². The van der Waals surface area contributed by atoms with Gasteiger partial charge in [-0.15, -0.1) is 11.3 Å². The van der Waals surface area contributed by atoms with Crippen LogP contribution in [0.25, 0.3) is 0 Å². The van der Waals surface area contributed by atoms with E-state index in [0.29, 0.717) is 5.56 Å². The van der Waals surface area contributed by atoms with Crippen molar-refractivity contribution in [3.63, 3.8) is 0 Å². The zero-order chi connectivity index (χ0) is 20.1. The maximum absolute atomic E-state index is 12.8. The van der Waals surface area contributed by atoms with Crippen molar-refractivity contribution in [2.45, 2.75) is 13.0 Å². The van der Waals surface area contributed by atoms with Crippen molar-refractivity contribution in [2.24, 2.45) is 0 Å². The fourth-order valence-corrected chi connectivity index (χ4v) is 4.14. The van der Waals surface area contributed by atoms with Crippen LogP contribution in [0.5, 0.6) is 0 Å². The predicted octanol–water partition coefficient (Wildman–Crippen LogP) is 5.91. The van der Waals surface area contributed by atoms with Crippen LogP contribution in [0.3, 0.4) is 0 Å². The molecule has 2 aromatic carbocycles. The highest BCUT2D eigenvalue weighted by molar-refractivity contribution is 7.16. The van der Waals surface area contributed by atoms with Crippen molar-refractivity contribution in [1.29, 1.82) is 0 Å². The highest BCUT2D eigenvalue weighted by Gasteiger charge is 2.22. The maximum Gasteiger partial charge on any atom is 0.256 e. The molecule has 0 aliphatic rings. The van der Waals surface area contributed by atoms with E-state index >= 15 is 0 Å². The molecule has 1 atom stereocenters. The lowest BCUT2D eigenvalue weighted by atomic mass is 10.00. The third kappa shape index (κ3) is 4.52. The van der Waals surface area contributed by atoms with Crippen molar-refractivity contribution in [1.82, 2.24) is 4.98 Å². The number of pyridine rings is 1.